The van der Waals surface area contributed by atoms with Crippen LogP contribution in [0.25, 0.3) is 0 Å². The van der Waals surface area contributed by atoms with Gasteiger partial charge in [-0.1, -0.05) is 5.92 Å². The lowest BCUT2D eigenvalue weighted by atomic mass is 10.1. The lowest BCUT2D eigenvalue weighted by molar-refractivity contribution is 0.0925. The van der Waals surface area contributed by atoms with Crippen molar-refractivity contribution in [3.63, 3.8) is 0 Å². The van der Waals surface area contributed by atoms with Crippen molar-refractivity contribution in [2.45, 2.75) is 38.6 Å². The predicted molar refractivity (Wildman–Crippen MR) is 117 cm³/mol. The largest absolute Gasteiger partial charge is 0.334 e. The second-order valence-electron chi connectivity index (χ2n) is 7.72. The number of nitrogens with one attached hydrogen (secondary N) is 1. The molecule has 0 aromatic carbocycles. The normalized spacial score (nSPS) is 20.0. The number of nitrogens with two attached hydrogens (primary N) is 1. The van der Waals surface area contributed by atoms with E-state index in [4.69, 9.17) is 10.6 Å². The van der Waals surface area contributed by atoms with Gasteiger partial charge in [0.2, 0.25) is 0 Å². The molecule has 2 aliphatic rings. The summed E-state index contributed by atoms with van der Waals surface area (Å²) >= 11 is 0. The molecule has 32 heavy (non-hydrogen) atoms. The van der Waals surface area contributed by atoms with E-state index in [-0.39, 0.29) is 18.3 Å². The summed E-state index contributed by atoms with van der Waals surface area (Å²) in [4.78, 5) is 38.4. The molecule has 2 atom stereocenters. The van der Waals surface area contributed by atoms with Crippen molar-refractivity contribution in [2.24, 2.45) is 12.8 Å². The Bertz CT molecular complexity index is 1250. The van der Waals surface area contributed by atoms with Crippen molar-refractivity contribution < 1.29 is 4.84 Å². The summed E-state index contributed by atoms with van der Waals surface area (Å²) < 4.78 is 2.40. The number of hydrogen-bond donors (Lipinski definition) is 2. The standard InChI is InChI=1S/C21H24N8O3/c1-3-10-32-29-17-18(25-20(29)27-9-5-7-15(23)12-27)26(2)21(31)28(19(17)30)13-16-14(11-22)6-4-8-24-16/h4,6,8,15,20,25H,5,7,9,12-13,23H2,1-2H3. The molecular weight excluding hydrogens is 412 g/mol. The number of piperidine rings is 1. The Labute approximate surface area is 184 Å². The fraction of sp³-hybridized carbons (Fsp3) is 0.429. The summed E-state index contributed by atoms with van der Waals surface area (Å²) in [6.45, 7) is 2.84. The highest BCUT2D eigenvalue weighted by atomic mass is 16.7. The van der Waals surface area contributed by atoms with Gasteiger partial charge in [-0.3, -0.25) is 23.8 Å². The Kier molecular flexibility index (Phi) is 5.86. The number of nitriles is 1. The van der Waals surface area contributed by atoms with E-state index in [1.165, 1.54) is 15.8 Å². The number of pyridine rings is 1. The molecule has 0 saturated carbocycles. The number of fused-ring (bicyclic) bond motifs is 1. The molecule has 2 aliphatic heterocycles. The average molecular weight is 436 g/mol. The third-order valence-electron chi connectivity index (χ3n) is 5.63. The summed E-state index contributed by atoms with van der Waals surface area (Å²) in [6.07, 6.45) is 5.34. The summed E-state index contributed by atoms with van der Waals surface area (Å²) in [5.41, 5.74) is 5.85. The summed E-state index contributed by atoms with van der Waals surface area (Å²) in [5.74, 6) is 3.00. The topological polar surface area (TPSA) is 134 Å². The molecule has 166 valence electrons. The van der Waals surface area contributed by atoms with Crippen LogP contribution in [0.1, 0.15) is 31.0 Å². The SMILES string of the molecule is CC#CON1c2c(n(C)c(=O)n(Cc3ncccc3C#N)c2=O)NC1N1CCCC(N)C1. The first-order valence-corrected chi connectivity index (χ1v) is 10.3. The minimum Gasteiger partial charge on any atom is -0.334 e. The van der Waals surface area contributed by atoms with Gasteiger partial charge in [-0.05, 0) is 25.0 Å². The number of aromatic nitrogens is 3. The number of nitrogens with zero attached hydrogens (tertiary/aromatic N) is 6. The molecule has 3 N–H and O–H groups in total. The van der Waals surface area contributed by atoms with Gasteiger partial charge in [-0.15, -0.1) is 0 Å². The van der Waals surface area contributed by atoms with Crippen molar-refractivity contribution in [3.8, 4) is 18.1 Å². The van der Waals surface area contributed by atoms with E-state index >= 15 is 0 Å². The van der Waals surface area contributed by atoms with Crippen molar-refractivity contribution in [3.05, 3.63) is 50.4 Å². The highest BCUT2D eigenvalue weighted by Crippen LogP contribution is 2.32. The van der Waals surface area contributed by atoms with E-state index in [0.717, 1.165) is 24.0 Å². The van der Waals surface area contributed by atoms with Crippen LogP contribution >= 0.6 is 0 Å². The van der Waals surface area contributed by atoms with Crippen LogP contribution in [0, 0.1) is 23.4 Å². The zero-order valence-corrected chi connectivity index (χ0v) is 17.9. The van der Waals surface area contributed by atoms with Gasteiger partial charge in [-0.2, -0.15) is 10.3 Å². The molecule has 11 nitrogen and oxygen atoms in total. The lowest BCUT2D eigenvalue weighted by Crippen LogP contribution is -2.56. The van der Waals surface area contributed by atoms with Gasteiger partial charge < -0.3 is 15.9 Å². The molecule has 0 radical (unpaired) electrons. The number of rotatable bonds is 4. The van der Waals surface area contributed by atoms with E-state index in [1.54, 1.807) is 26.1 Å². The van der Waals surface area contributed by atoms with Crippen LogP contribution in [-0.4, -0.2) is 44.4 Å². The zero-order valence-electron chi connectivity index (χ0n) is 17.9. The van der Waals surface area contributed by atoms with E-state index < -0.39 is 17.5 Å². The monoisotopic (exact) mass is 436 g/mol. The fourth-order valence-corrected chi connectivity index (χ4v) is 4.07. The first-order valence-electron chi connectivity index (χ1n) is 10.3. The van der Waals surface area contributed by atoms with Crippen LogP contribution in [0.4, 0.5) is 11.5 Å². The van der Waals surface area contributed by atoms with Gasteiger partial charge in [-0.25, -0.2) is 4.79 Å². The molecule has 4 heterocycles. The van der Waals surface area contributed by atoms with Crippen molar-refractivity contribution in [1.82, 2.24) is 19.0 Å². The van der Waals surface area contributed by atoms with Gasteiger partial charge in [0.1, 0.15) is 18.0 Å². The Hall–Kier alpha value is -3.80. The van der Waals surface area contributed by atoms with Crippen molar-refractivity contribution in [2.75, 3.05) is 23.5 Å². The molecule has 0 amide bonds. The van der Waals surface area contributed by atoms with Crippen LogP contribution in [0.2, 0.25) is 0 Å². The number of hydrogen-bond acceptors (Lipinski definition) is 9. The van der Waals surface area contributed by atoms with E-state index in [9.17, 15) is 14.9 Å². The van der Waals surface area contributed by atoms with Gasteiger partial charge >= 0.3 is 5.69 Å². The van der Waals surface area contributed by atoms with E-state index in [0.29, 0.717) is 23.6 Å². The molecule has 1 saturated heterocycles. The van der Waals surface area contributed by atoms with Gasteiger partial charge in [0.15, 0.2) is 12.0 Å². The zero-order chi connectivity index (χ0) is 22.8. The Morgan fingerprint density at radius 2 is 2.22 bits per heavy atom. The van der Waals surface area contributed by atoms with E-state index in [2.05, 4.69) is 27.2 Å². The summed E-state index contributed by atoms with van der Waals surface area (Å²) in [7, 11) is 1.57. The van der Waals surface area contributed by atoms with Gasteiger partial charge in [0, 0.05) is 39.3 Å². The smallest absolute Gasteiger partial charge is 0.332 e. The fourth-order valence-electron chi connectivity index (χ4n) is 4.07. The molecule has 0 aliphatic carbocycles. The Balaban J connectivity index is 1.81. The lowest BCUT2D eigenvalue weighted by Gasteiger charge is -2.37. The molecule has 1 fully saturated rings. The highest BCUT2D eigenvalue weighted by Gasteiger charge is 2.41. The molecule has 4 rings (SSSR count). The minimum absolute atomic E-state index is 0.00223. The van der Waals surface area contributed by atoms with Crippen LogP contribution in [-0.2, 0) is 18.4 Å². The molecular formula is C21H24N8O3. The number of likely N-dealkylation sites (tertiary alicyclic amines) is 1. The molecule has 2 aromatic rings. The van der Waals surface area contributed by atoms with E-state index in [1.807, 2.05) is 6.07 Å². The summed E-state index contributed by atoms with van der Waals surface area (Å²) in [5, 5.41) is 14.0. The molecule has 2 unspecified atom stereocenters. The molecule has 0 spiro atoms. The van der Waals surface area contributed by atoms with Crippen LogP contribution < -0.4 is 27.4 Å². The van der Waals surface area contributed by atoms with Crippen molar-refractivity contribution >= 4 is 11.5 Å². The Morgan fingerprint density at radius 3 is 2.94 bits per heavy atom. The molecule has 2 aromatic heterocycles. The maximum atomic E-state index is 13.5. The third-order valence-corrected chi connectivity index (χ3v) is 5.63. The quantitative estimate of drug-likeness (QED) is 0.620. The first kappa shape index (κ1) is 21.4. The predicted octanol–water partition coefficient (Wildman–Crippen LogP) is -0.287. The highest BCUT2D eigenvalue weighted by molar-refractivity contribution is 5.70. The number of anilines is 2. The third kappa shape index (κ3) is 3.68. The van der Waals surface area contributed by atoms with Crippen LogP contribution in [0.3, 0.4) is 0 Å². The first-order chi connectivity index (χ1) is 15.5. The molecule has 11 heteroatoms. The van der Waals surface area contributed by atoms with Crippen LogP contribution in [0.15, 0.2) is 27.9 Å². The van der Waals surface area contributed by atoms with Gasteiger partial charge in [0.05, 0.1) is 17.8 Å². The van der Waals surface area contributed by atoms with Crippen LogP contribution in [0.5, 0.6) is 0 Å². The Morgan fingerprint density at radius 1 is 1.41 bits per heavy atom. The average Bonchev–Trinajstić information content (AvgIpc) is 3.19. The summed E-state index contributed by atoms with van der Waals surface area (Å²) in [6, 6.07) is 5.26. The minimum atomic E-state index is -0.563. The van der Waals surface area contributed by atoms with Crippen molar-refractivity contribution in [1.29, 1.82) is 5.26 Å². The molecule has 0 bridgehead atoms. The maximum Gasteiger partial charge on any atom is 0.332 e. The number of hydroxylamine groups is 1. The second-order valence-corrected chi connectivity index (χ2v) is 7.72. The maximum absolute atomic E-state index is 13.5. The van der Waals surface area contributed by atoms with Gasteiger partial charge in [0.25, 0.3) is 5.56 Å². The second kappa shape index (κ2) is 8.75.